The molecule has 6 heteroatoms. The average molecular weight is 229 g/mol. The molecule has 2 N–H and O–H groups in total. The highest BCUT2D eigenvalue weighted by Crippen LogP contribution is 2.25. The van der Waals surface area contributed by atoms with E-state index in [1.807, 2.05) is 0 Å². The molecule has 1 heterocycles. The molecule has 2 aromatic rings. The molecule has 84 valence electrons. The summed E-state index contributed by atoms with van der Waals surface area (Å²) in [4.78, 5) is 12.9. The van der Waals surface area contributed by atoms with Gasteiger partial charge in [0.15, 0.2) is 17.5 Å². The number of aromatic nitrogens is 1. The van der Waals surface area contributed by atoms with Gasteiger partial charge in [-0.05, 0) is 11.6 Å². The van der Waals surface area contributed by atoms with Crippen molar-refractivity contribution in [2.45, 2.75) is 6.42 Å². The Morgan fingerprint density at radius 3 is 2.62 bits per heavy atom. The van der Waals surface area contributed by atoms with Gasteiger partial charge in [-0.1, -0.05) is 0 Å². The molecule has 3 nitrogen and oxygen atoms in total. The van der Waals surface area contributed by atoms with Crippen LogP contribution in [0.3, 0.4) is 0 Å². The maximum atomic E-state index is 13.2. The van der Waals surface area contributed by atoms with Crippen LogP contribution in [0.25, 0.3) is 10.9 Å². The summed E-state index contributed by atoms with van der Waals surface area (Å²) in [7, 11) is 0. The summed E-state index contributed by atoms with van der Waals surface area (Å²) in [5.41, 5.74) is -0.0181. The minimum absolute atomic E-state index is 0.0406. The van der Waals surface area contributed by atoms with Gasteiger partial charge in [-0.3, -0.25) is 4.79 Å². The Hall–Kier alpha value is -1.98. The molecule has 0 aliphatic rings. The number of nitrogens with one attached hydrogen (secondary N) is 1. The minimum Gasteiger partial charge on any atom is -0.481 e. The van der Waals surface area contributed by atoms with Gasteiger partial charge in [-0.15, -0.1) is 0 Å². The van der Waals surface area contributed by atoms with Gasteiger partial charge < -0.3 is 10.1 Å². The minimum atomic E-state index is -1.57. The highest BCUT2D eigenvalue weighted by molar-refractivity contribution is 5.87. The van der Waals surface area contributed by atoms with E-state index >= 15 is 0 Å². The standard InChI is InChI=1S/C10H6F3NO2/c11-6-2-5-4(1-7(15)16)3-14-10(5)9(13)8(6)12/h2-3,14H,1H2,(H,15,16). The Balaban J connectivity index is 2.69. The lowest BCUT2D eigenvalue weighted by molar-refractivity contribution is -0.136. The Kier molecular flexibility index (Phi) is 2.34. The van der Waals surface area contributed by atoms with Crippen molar-refractivity contribution in [2.24, 2.45) is 0 Å². The molecular formula is C10H6F3NO2. The fraction of sp³-hybridized carbons (Fsp3) is 0.100. The predicted octanol–water partition coefficient (Wildman–Crippen LogP) is 2.21. The zero-order chi connectivity index (χ0) is 11.9. The zero-order valence-electron chi connectivity index (χ0n) is 7.85. The van der Waals surface area contributed by atoms with Crippen LogP contribution < -0.4 is 0 Å². The second kappa shape index (κ2) is 3.55. The Morgan fingerprint density at radius 1 is 1.31 bits per heavy atom. The number of fused-ring (bicyclic) bond motifs is 1. The van der Waals surface area contributed by atoms with Gasteiger partial charge in [-0.25, -0.2) is 13.2 Å². The van der Waals surface area contributed by atoms with Gasteiger partial charge in [-0.2, -0.15) is 0 Å². The van der Waals surface area contributed by atoms with E-state index in [4.69, 9.17) is 5.11 Å². The van der Waals surface area contributed by atoms with E-state index in [2.05, 4.69) is 4.98 Å². The van der Waals surface area contributed by atoms with Crippen LogP contribution in [0.4, 0.5) is 13.2 Å². The molecule has 0 unspecified atom stereocenters. The van der Waals surface area contributed by atoms with Crippen molar-refractivity contribution in [3.05, 3.63) is 35.3 Å². The van der Waals surface area contributed by atoms with Gasteiger partial charge in [0, 0.05) is 11.6 Å². The maximum Gasteiger partial charge on any atom is 0.307 e. The van der Waals surface area contributed by atoms with E-state index in [1.54, 1.807) is 0 Å². The number of halogens is 3. The molecule has 0 radical (unpaired) electrons. The first-order chi connectivity index (χ1) is 7.50. The van der Waals surface area contributed by atoms with E-state index in [9.17, 15) is 18.0 Å². The van der Waals surface area contributed by atoms with Crippen LogP contribution in [0.15, 0.2) is 12.3 Å². The molecule has 1 aromatic carbocycles. The van der Waals surface area contributed by atoms with Crippen LogP contribution in [0.1, 0.15) is 5.56 Å². The number of hydrogen-bond donors (Lipinski definition) is 2. The molecule has 0 fully saturated rings. The van der Waals surface area contributed by atoms with E-state index < -0.39 is 23.4 Å². The molecule has 1 aromatic heterocycles. The fourth-order valence-electron chi connectivity index (χ4n) is 1.54. The molecule has 0 spiro atoms. The number of rotatable bonds is 2. The van der Waals surface area contributed by atoms with Crippen molar-refractivity contribution in [1.29, 1.82) is 0 Å². The third-order valence-corrected chi connectivity index (χ3v) is 2.24. The number of aliphatic carboxylic acids is 1. The van der Waals surface area contributed by atoms with Crippen LogP contribution >= 0.6 is 0 Å². The van der Waals surface area contributed by atoms with Crippen molar-refractivity contribution < 1.29 is 23.1 Å². The molecule has 2 rings (SSSR count). The van der Waals surface area contributed by atoms with Crippen LogP contribution in [-0.4, -0.2) is 16.1 Å². The van der Waals surface area contributed by atoms with Gasteiger partial charge in [0.2, 0.25) is 0 Å². The average Bonchev–Trinajstić information content (AvgIpc) is 2.58. The molecule has 16 heavy (non-hydrogen) atoms. The van der Waals surface area contributed by atoms with Crippen LogP contribution in [0.5, 0.6) is 0 Å². The van der Waals surface area contributed by atoms with Crippen molar-refractivity contribution >= 4 is 16.9 Å². The maximum absolute atomic E-state index is 13.2. The van der Waals surface area contributed by atoms with Crippen LogP contribution in [0, 0.1) is 17.5 Å². The molecule has 0 saturated heterocycles. The van der Waals surface area contributed by atoms with Gasteiger partial charge in [0.1, 0.15) is 0 Å². The lowest BCUT2D eigenvalue weighted by Crippen LogP contribution is -1.99. The Morgan fingerprint density at radius 2 is 2.00 bits per heavy atom. The molecule has 0 aliphatic carbocycles. The predicted molar refractivity (Wildman–Crippen MR) is 49.5 cm³/mol. The number of hydrogen-bond acceptors (Lipinski definition) is 1. The molecule has 0 saturated carbocycles. The van der Waals surface area contributed by atoms with E-state index in [0.29, 0.717) is 0 Å². The molecule has 0 atom stereocenters. The monoisotopic (exact) mass is 229 g/mol. The van der Waals surface area contributed by atoms with Crippen molar-refractivity contribution in [3.8, 4) is 0 Å². The fourth-order valence-corrected chi connectivity index (χ4v) is 1.54. The Labute approximate surface area is 87.5 Å². The summed E-state index contributed by atoms with van der Waals surface area (Å²) in [6.45, 7) is 0. The Bertz CT molecular complexity index is 577. The lowest BCUT2D eigenvalue weighted by Gasteiger charge is -1.98. The summed E-state index contributed by atoms with van der Waals surface area (Å²) in [6, 6.07) is 0.780. The summed E-state index contributed by atoms with van der Waals surface area (Å²) < 4.78 is 39.0. The summed E-state index contributed by atoms with van der Waals surface area (Å²) in [5, 5.41) is 8.60. The molecule has 0 aliphatic heterocycles. The first kappa shape index (κ1) is 10.5. The first-order valence-corrected chi connectivity index (χ1v) is 4.36. The van der Waals surface area contributed by atoms with E-state index in [0.717, 1.165) is 6.07 Å². The second-order valence-electron chi connectivity index (χ2n) is 3.29. The highest BCUT2D eigenvalue weighted by atomic mass is 19.2. The topological polar surface area (TPSA) is 53.1 Å². The zero-order valence-corrected chi connectivity index (χ0v) is 7.85. The number of carbonyl (C=O) groups is 1. The lowest BCUT2D eigenvalue weighted by atomic mass is 10.1. The van der Waals surface area contributed by atoms with Gasteiger partial charge in [0.25, 0.3) is 0 Å². The molecule has 0 bridgehead atoms. The van der Waals surface area contributed by atoms with Gasteiger partial charge in [0.05, 0.1) is 11.9 Å². The third-order valence-electron chi connectivity index (χ3n) is 2.24. The molecular weight excluding hydrogens is 223 g/mol. The van der Waals surface area contributed by atoms with Gasteiger partial charge >= 0.3 is 5.97 Å². The smallest absolute Gasteiger partial charge is 0.307 e. The van der Waals surface area contributed by atoms with Crippen LogP contribution in [-0.2, 0) is 11.2 Å². The van der Waals surface area contributed by atoms with Crippen LogP contribution in [0.2, 0.25) is 0 Å². The normalized spacial score (nSPS) is 10.9. The van der Waals surface area contributed by atoms with Crippen molar-refractivity contribution in [1.82, 2.24) is 4.98 Å². The quantitative estimate of drug-likeness (QED) is 0.775. The first-order valence-electron chi connectivity index (χ1n) is 4.36. The number of carboxylic acids is 1. The summed E-state index contributed by atoms with van der Waals surface area (Å²) in [6.07, 6.45) is 0.839. The number of benzene rings is 1. The second-order valence-corrected chi connectivity index (χ2v) is 3.29. The highest BCUT2D eigenvalue weighted by Gasteiger charge is 2.17. The summed E-state index contributed by atoms with van der Waals surface area (Å²) in [5.74, 6) is -5.38. The number of aromatic amines is 1. The number of H-pyrrole nitrogens is 1. The summed E-state index contributed by atoms with van der Waals surface area (Å²) >= 11 is 0. The largest absolute Gasteiger partial charge is 0.481 e. The SMILES string of the molecule is O=C(O)Cc1c[nH]c2c(F)c(F)c(F)cc12. The third kappa shape index (κ3) is 1.52. The molecule has 0 amide bonds. The van der Waals surface area contributed by atoms with Crippen molar-refractivity contribution in [2.75, 3.05) is 0 Å². The van der Waals surface area contributed by atoms with E-state index in [-0.39, 0.29) is 22.9 Å². The number of carboxylic acid groups (broad SMARTS) is 1. The van der Waals surface area contributed by atoms with Crippen molar-refractivity contribution in [3.63, 3.8) is 0 Å². The van der Waals surface area contributed by atoms with E-state index in [1.165, 1.54) is 6.20 Å².